The Hall–Kier alpha value is -3.52. The van der Waals surface area contributed by atoms with Crippen LogP contribution in [0.3, 0.4) is 0 Å². The first-order valence-electron chi connectivity index (χ1n) is 10.4. The van der Waals surface area contributed by atoms with Crippen molar-refractivity contribution >= 4 is 17.5 Å². The molecule has 3 aromatic rings. The molecule has 1 saturated heterocycles. The zero-order chi connectivity index (χ0) is 22.5. The molecule has 4 rings (SSSR count). The minimum atomic E-state index is -0.560. The van der Waals surface area contributed by atoms with E-state index in [9.17, 15) is 18.4 Å². The van der Waals surface area contributed by atoms with Gasteiger partial charge in [-0.1, -0.05) is 6.07 Å². The lowest BCUT2D eigenvalue weighted by atomic mass is 10.0. The third-order valence-corrected chi connectivity index (χ3v) is 5.43. The van der Waals surface area contributed by atoms with E-state index in [0.717, 1.165) is 12.8 Å². The number of carbonyl (C=O) groups excluding carboxylic acids is 2. The summed E-state index contributed by atoms with van der Waals surface area (Å²) in [7, 11) is 0. The second kappa shape index (κ2) is 9.74. The first-order chi connectivity index (χ1) is 15.5. The van der Waals surface area contributed by atoms with Gasteiger partial charge in [-0.2, -0.15) is 0 Å². The Labute approximate surface area is 184 Å². The average Bonchev–Trinajstić information content (AvgIpc) is 3.32. The Morgan fingerprint density at radius 2 is 1.75 bits per heavy atom. The van der Waals surface area contributed by atoms with E-state index in [4.69, 9.17) is 4.42 Å². The molecular weight excluding hydrogens is 416 g/mol. The lowest BCUT2D eigenvalue weighted by molar-refractivity contribution is 0.0899. The van der Waals surface area contributed by atoms with E-state index in [1.165, 1.54) is 24.5 Å². The molecule has 6 nitrogen and oxygen atoms in total. The summed E-state index contributed by atoms with van der Waals surface area (Å²) < 4.78 is 33.0. The topological polar surface area (TPSA) is 74.6 Å². The van der Waals surface area contributed by atoms with Crippen molar-refractivity contribution < 1.29 is 22.8 Å². The summed E-state index contributed by atoms with van der Waals surface area (Å²) in [6.45, 7) is 1.38. The predicted molar refractivity (Wildman–Crippen MR) is 115 cm³/mol. The number of likely N-dealkylation sites (tertiary alicyclic amines) is 1. The van der Waals surface area contributed by atoms with Gasteiger partial charge in [0.05, 0.1) is 6.26 Å². The molecule has 1 unspecified atom stereocenters. The Balaban J connectivity index is 1.32. The van der Waals surface area contributed by atoms with E-state index in [1.54, 1.807) is 36.4 Å². The minimum absolute atomic E-state index is 0.0478. The van der Waals surface area contributed by atoms with Gasteiger partial charge in [0.25, 0.3) is 11.8 Å². The fourth-order valence-corrected chi connectivity index (χ4v) is 3.80. The lowest BCUT2D eigenvalue weighted by Gasteiger charge is -2.33. The fraction of sp³-hybridized carbons (Fsp3) is 0.250. The van der Waals surface area contributed by atoms with Crippen LogP contribution in [0.5, 0.6) is 0 Å². The molecule has 2 aromatic carbocycles. The van der Waals surface area contributed by atoms with Gasteiger partial charge in [0.1, 0.15) is 11.6 Å². The molecule has 166 valence electrons. The van der Waals surface area contributed by atoms with E-state index in [2.05, 4.69) is 10.6 Å². The highest BCUT2D eigenvalue weighted by atomic mass is 19.1. The standard InChI is InChI=1S/C24H23F2N3O3/c25-20-5-1-6-21(26)19(20)15-29-12-2-4-18(14-29)28-23(30)16-8-10-17(11-9-16)27-24(31)22-7-3-13-32-22/h1,3,5-11,13,18H,2,4,12,14-15H2,(H,27,31)(H,28,30). The van der Waals surface area contributed by atoms with Crippen LogP contribution in [-0.4, -0.2) is 35.8 Å². The number of halogens is 2. The quantitative estimate of drug-likeness (QED) is 0.604. The van der Waals surface area contributed by atoms with Crippen molar-refractivity contribution in [3.63, 3.8) is 0 Å². The number of nitrogens with zero attached hydrogens (tertiary/aromatic N) is 1. The summed E-state index contributed by atoms with van der Waals surface area (Å²) in [5, 5.41) is 5.69. The second-order valence-corrected chi connectivity index (χ2v) is 7.76. The van der Waals surface area contributed by atoms with Crippen molar-refractivity contribution in [2.24, 2.45) is 0 Å². The third kappa shape index (κ3) is 5.20. The van der Waals surface area contributed by atoms with Crippen molar-refractivity contribution in [2.45, 2.75) is 25.4 Å². The Kier molecular flexibility index (Phi) is 6.61. The highest BCUT2D eigenvalue weighted by Crippen LogP contribution is 2.19. The van der Waals surface area contributed by atoms with Gasteiger partial charge in [0.15, 0.2) is 5.76 Å². The van der Waals surface area contributed by atoms with Crippen molar-refractivity contribution in [3.8, 4) is 0 Å². The van der Waals surface area contributed by atoms with Crippen LogP contribution in [0.15, 0.2) is 65.3 Å². The van der Waals surface area contributed by atoms with Gasteiger partial charge in [-0.05, 0) is 67.9 Å². The molecule has 2 amide bonds. The number of benzene rings is 2. The summed E-state index contributed by atoms with van der Waals surface area (Å²) in [5.41, 5.74) is 1.05. The number of amides is 2. The van der Waals surface area contributed by atoms with Crippen molar-refractivity contribution in [1.29, 1.82) is 0 Å². The molecule has 8 heteroatoms. The van der Waals surface area contributed by atoms with Gasteiger partial charge in [0, 0.05) is 35.9 Å². The zero-order valence-electron chi connectivity index (χ0n) is 17.3. The summed E-state index contributed by atoms with van der Waals surface area (Å²) in [4.78, 5) is 26.6. The molecule has 0 bridgehead atoms. The number of piperidine rings is 1. The number of nitrogens with one attached hydrogen (secondary N) is 2. The summed E-state index contributed by atoms with van der Waals surface area (Å²) in [6.07, 6.45) is 3.03. The van der Waals surface area contributed by atoms with Gasteiger partial charge in [-0.3, -0.25) is 14.5 Å². The lowest BCUT2D eigenvalue weighted by Crippen LogP contribution is -2.47. The third-order valence-electron chi connectivity index (χ3n) is 5.43. The van der Waals surface area contributed by atoms with E-state index in [1.807, 2.05) is 4.90 Å². The maximum Gasteiger partial charge on any atom is 0.291 e. The molecule has 1 aliphatic rings. The molecule has 1 aliphatic heterocycles. The van der Waals surface area contributed by atoms with Crippen LogP contribution in [0.1, 0.15) is 39.3 Å². The van der Waals surface area contributed by atoms with E-state index < -0.39 is 11.6 Å². The molecule has 0 aliphatic carbocycles. The van der Waals surface area contributed by atoms with Crippen LogP contribution >= 0.6 is 0 Å². The van der Waals surface area contributed by atoms with Crippen LogP contribution in [0, 0.1) is 11.6 Å². The molecule has 1 atom stereocenters. The smallest absolute Gasteiger partial charge is 0.291 e. The number of hydrogen-bond acceptors (Lipinski definition) is 4. The van der Waals surface area contributed by atoms with Crippen LogP contribution in [-0.2, 0) is 6.54 Å². The SMILES string of the molecule is O=C(NC1CCCN(Cc2c(F)cccc2F)C1)c1ccc(NC(=O)c2ccco2)cc1. The van der Waals surface area contributed by atoms with Crippen molar-refractivity contribution in [2.75, 3.05) is 18.4 Å². The maximum atomic E-state index is 14.0. The zero-order valence-corrected chi connectivity index (χ0v) is 17.3. The van der Waals surface area contributed by atoms with Crippen LogP contribution in [0.25, 0.3) is 0 Å². The van der Waals surface area contributed by atoms with Gasteiger partial charge in [-0.25, -0.2) is 8.78 Å². The normalized spacial score (nSPS) is 16.5. The summed E-state index contributed by atoms with van der Waals surface area (Å²) in [6, 6.07) is 13.5. The summed E-state index contributed by atoms with van der Waals surface area (Å²) >= 11 is 0. The van der Waals surface area contributed by atoms with E-state index >= 15 is 0 Å². The number of anilines is 1. The Morgan fingerprint density at radius 3 is 2.44 bits per heavy atom. The molecule has 0 radical (unpaired) electrons. The monoisotopic (exact) mass is 439 g/mol. The molecule has 2 N–H and O–H groups in total. The van der Waals surface area contributed by atoms with Crippen LogP contribution in [0.2, 0.25) is 0 Å². The van der Waals surface area contributed by atoms with E-state index in [-0.39, 0.29) is 35.7 Å². The highest BCUT2D eigenvalue weighted by molar-refractivity contribution is 6.02. The molecule has 0 spiro atoms. The maximum absolute atomic E-state index is 14.0. The second-order valence-electron chi connectivity index (χ2n) is 7.76. The molecular formula is C24H23F2N3O3. The number of hydrogen-bond donors (Lipinski definition) is 2. The van der Waals surface area contributed by atoms with E-state index in [0.29, 0.717) is 24.3 Å². The fourth-order valence-electron chi connectivity index (χ4n) is 3.80. The molecule has 32 heavy (non-hydrogen) atoms. The van der Waals surface area contributed by atoms with Crippen molar-refractivity contribution in [3.05, 3.63) is 89.4 Å². The molecule has 1 fully saturated rings. The van der Waals surface area contributed by atoms with Gasteiger partial charge < -0.3 is 15.1 Å². The number of rotatable bonds is 6. The molecule has 0 saturated carbocycles. The first kappa shape index (κ1) is 21.7. The minimum Gasteiger partial charge on any atom is -0.459 e. The van der Waals surface area contributed by atoms with Gasteiger partial charge in [0.2, 0.25) is 0 Å². The van der Waals surface area contributed by atoms with Gasteiger partial charge >= 0.3 is 0 Å². The Bertz CT molecular complexity index is 1060. The summed E-state index contributed by atoms with van der Waals surface area (Å²) in [5.74, 6) is -1.53. The number of furan rings is 1. The molecule has 2 heterocycles. The predicted octanol–water partition coefficient (Wildman–Crippen LogP) is 4.20. The first-order valence-corrected chi connectivity index (χ1v) is 10.4. The largest absolute Gasteiger partial charge is 0.459 e. The number of carbonyl (C=O) groups is 2. The van der Waals surface area contributed by atoms with Crippen LogP contribution < -0.4 is 10.6 Å². The van der Waals surface area contributed by atoms with Crippen LogP contribution in [0.4, 0.5) is 14.5 Å². The average molecular weight is 439 g/mol. The Morgan fingerprint density at radius 1 is 1.00 bits per heavy atom. The highest BCUT2D eigenvalue weighted by Gasteiger charge is 2.23. The van der Waals surface area contributed by atoms with Crippen molar-refractivity contribution in [1.82, 2.24) is 10.2 Å². The van der Waals surface area contributed by atoms with Gasteiger partial charge in [-0.15, -0.1) is 0 Å². The molecule has 1 aromatic heterocycles.